The zero-order chi connectivity index (χ0) is 20.5. The highest BCUT2D eigenvalue weighted by atomic mass is 127. The van der Waals surface area contributed by atoms with E-state index in [2.05, 4.69) is 33.5 Å². The summed E-state index contributed by atoms with van der Waals surface area (Å²) in [5, 5.41) is 6.92. The number of allylic oxidation sites excluding steroid dienone is 1. The maximum absolute atomic E-state index is 5.74. The molecule has 3 rings (SSSR count). The van der Waals surface area contributed by atoms with E-state index in [0.29, 0.717) is 5.92 Å². The van der Waals surface area contributed by atoms with Crippen molar-refractivity contribution in [3.63, 3.8) is 0 Å². The topological polar surface area (TPSA) is 65.7 Å². The molecular weight excluding hydrogens is 489 g/mol. The summed E-state index contributed by atoms with van der Waals surface area (Å²) in [6.07, 6.45) is 11.2. The standard InChI is InChI=1S/C23H39N5O.HI/c1-4-24-23(25-13-10-20-8-6-5-7-9-20)26-16-21-11-14-28(15-12-21)17-22-27-18(2)19(3)29-22;/h8,21H,4-7,9-17H2,1-3H3,(H2,24,25,26);1H. The second-order valence-corrected chi connectivity index (χ2v) is 8.47. The lowest BCUT2D eigenvalue weighted by atomic mass is 9.97. The zero-order valence-electron chi connectivity index (χ0n) is 19.0. The SMILES string of the molecule is CCNC(=NCC1CCN(Cc2nc(C)c(C)o2)CC1)NCCC1=CCCCC1.I. The predicted molar refractivity (Wildman–Crippen MR) is 135 cm³/mol. The number of rotatable bonds is 8. The summed E-state index contributed by atoms with van der Waals surface area (Å²) in [7, 11) is 0. The molecule has 170 valence electrons. The summed E-state index contributed by atoms with van der Waals surface area (Å²) in [6, 6.07) is 0. The average molecular weight is 530 g/mol. The highest BCUT2D eigenvalue weighted by Crippen LogP contribution is 2.21. The minimum absolute atomic E-state index is 0. The van der Waals surface area contributed by atoms with Gasteiger partial charge in [-0.3, -0.25) is 9.89 Å². The summed E-state index contributed by atoms with van der Waals surface area (Å²) >= 11 is 0. The Hall–Kier alpha value is -1.09. The molecule has 2 heterocycles. The normalized spacial score (nSPS) is 18.6. The molecule has 2 N–H and O–H groups in total. The van der Waals surface area contributed by atoms with E-state index in [0.717, 1.165) is 69.0 Å². The number of oxazole rings is 1. The van der Waals surface area contributed by atoms with E-state index in [4.69, 9.17) is 9.41 Å². The van der Waals surface area contributed by atoms with E-state index in [9.17, 15) is 0 Å². The van der Waals surface area contributed by atoms with Gasteiger partial charge in [0.25, 0.3) is 0 Å². The number of aryl methyl sites for hydroxylation is 2. The number of likely N-dealkylation sites (tertiary alicyclic amines) is 1. The predicted octanol–water partition coefficient (Wildman–Crippen LogP) is 4.57. The largest absolute Gasteiger partial charge is 0.444 e. The van der Waals surface area contributed by atoms with Crippen molar-refractivity contribution in [1.29, 1.82) is 0 Å². The van der Waals surface area contributed by atoms with Crippen LogP contribution in [0.5, 0.6) is 0 Å². The molecule has 1 aliphatic carbocycles. The number of piperidine rings is 1. The van der Waals surface area contributed by atoms with E-state index in [1.54, 1.807) is 5.57 Å². The molecule has 1 fully saturated rings. The molecule has 0 spiro atoms. The molecule has 0 amide bonds. The van der Waals surface area contributed by atoms with Crippen LogP contribution in [0.15, 0.2) is 21.1 Å². The van der Waals surface area contributed by atoms with Gasteiger partial charge in [-0.2, -0.15) is 0 Å². The second-order valence-electron chi connectivity index (χ2n) is 8.47. The third kappa shape index (κ3) is 8.21. The number of guanidine groups is 1. The van der Waals surface area contributed by atoms with E-state index in [-0.39, 0.29) is 24.0 Å². The van der Waals surface area contributed by atoms with Gasteiger partial charge in [-0.1, -0.05) is 11.6 Å². The van der Waals surface area contributed by atoms with Gasteiger partial charge in [-0.25, -0.2) is 4.98 Å². The molecule has 1 saturated heterocycles. The lowest BCUT2D eigenvalue weighted by molar-refractivity contribution is 0.166. The monoisotopic (exact) mass is 529 g/mol. The number of aromatic nitrogens is 1. The van der Waals surface area contributed by atoms with Crippen molar-refractivity contribution < 1.29 is 4.42 Å². The smallest absolute Gasteiger partial charge is 0.208 e. The van der Waals surface area contributed by atoms with Crippen LogP contribution < -0.4 is 10.6 Å². The van der Waals surface area contributed by atoms with Gasteiger partial charge in [0.1, 0.15) is 5.76 Å². The molecule has 1 aromatic rings. The number of nitrogens with zero attached hydrogens (tertiary/aromatic N) is 3. The van der Waals surface area contributed by atoms with Gasteiger partial charge >= 0.3 is 0 Å². The molecule has 0 aromatic carbocycles. The Morgan fingerprint density at radius 1 is 1.23 bits per heavy atom. The van der Waals surface area contributed by atoms with E-state index >= 15 is 0 Å². The minimum atomic E-state index is 0. The first-order valence-corrected chi connectivity index (χ1v) is 11.5. The van der Waals surface area contributed by atoms with Crippen molar-refractivity contribution in [2.45, 2.75) is 72.3 Å². The second kappa shape index (κ2) is 13.3. The maximum atomic E-state index is 5.74. The van der Waals surface area contributed by atoms with Crippen LogP contribution in [0, 0.1) is 19.8 Å². The Morgan fingerprint density at radius 3 is 2.67 bits per heavy atom. The molecule has 7 heteroatoms. The number of nitrogens with one attached hydrogen (secondary N) is 2. The molecule has 0 saturated carbocycles. The van der Waals surface area contributed by atoms with Gasteiger partial charge in [0, 0.05) is 19.6 Å². The van der Waals surface area contributed by atoms with Crippen molar-refractivity contribution in [2.75, 3.05) is 32.7 Å². The summed E-state index contributed by atoms with van der Waals surface area (Å²) in [5.74, 6) is 3.42. The third-order valence-corrected chi connectivity index (χ3v) is 6.11. The van der Waals surface area contributed by atoms with Crippen LogP contribution in [-0.4, -0.2) is 48.6 Å². The summed E-state index contributed by atoms with van der Waals surface area (Å²) < 4.78 is 5.74. The highest BCUT2D eigenvalue weighted by Gasteiger charge is 2.21. The Kier molecular flexibility index (Phi) is 11.2. The molecule has 1 aromatic heterocycles. The first-order valence-electron chi connectivity index (χ1n) is 11.5. The number of aliphatic imine (C=N–C) groups is 1. The molecule has 0 radical (unpaired) electrons. The zero-order valence-corrected chi connectivity index (χ0v) is 21.3. The fourth-order valence-electron chi connectivity index (χ4n) is 4.16. The summed E-state index contributed by atoms with van der Waals surface area (Å²) in [5.41, 5.74) is 2.62. The van der Waals surface area contributed by atoms with E-state index < -0.39 is 0 Å². The van der Waals surface area contributed by atoms with E-state index in [1.165, 1.54) is 38.5 Å². The highest BCUT2D eigenvalue weighted by molar-refractivity contribution is 14.0. The maximum Gasteiger partial charge on any atom is 0.208 e. The number of halogens is 1. The number of hydrogen-bond donors (Lipinski definition) is 2. The van der Waals surface area contributed by atoms with Gasteiger partial charge in [0.15, 0.2) is 5.96 Å². The van der Waals surface area contributed by atoms with E-state index in [1.807, 2.05) is 13.8 Å². The molecular formula is C23H40IN5O. The van der Waals surface area contributed by atoms with Crippen molar-refractivity contribution in [1.82, 2.24) is 20.5 Å². The Bertz CT molecular complexity index is 672. The summed E-state index contributed by atoms with van der Waals surface area (Å²) in [6.45, 7) is 11.9. The van der Waals surface area contributed by atoms with Crippen molar-refractivity contribution >= 4 is 29.9 Å². The molecule has 2 aliphatic rings. The van der Waals surface area contributed by atoms with Crippen LogP contribution in [0.2, 0.25) is 0 Å². The lowest BCUT2D eigenvalue weighted by Gasteiger charge is -2.30. The third-order valence-electron chi connectivity index (χ3n) is 6.11. The fraction of sp³-hybridized carbons (Fsp3) is 0.739. The van der Waals surface area contributed by atoms with Gasteiger partial charge < -0.3 is 15.1 Å². The van der Waals surface area contributed by atoms with Gasteiger partial charge in [0.05, 0.1) is 12.2 Å². The fourth-order valence-corrected chi connectivity index (χ4v) is 4.16. The number of hydrogen-bond acceptors (Lipinski definition) is 4. The van der Waals surface area contributed by atoms with Crippen LogP contribution in [0.1, 0.15) is 69.2 Å². The lowest BCUT2D eigenvalue weighted by Crippen LogP contribution is -2.39. The molecule has 0 atom stereocenters. The molecule has 6 nitrogen and oxygen atoms in total. The van der Waals surface area contributed by atoms with Crippen LogP contribution >= 0.6 is 24.0 Å². The Labute approximate surface area is 199 Å². The summed E-state index contributed by atoms with van der Waals surface area (Å²) in [4.78, 5) is 11.8. The van der Waals surface area contributed by atoms with Gasteiger partial charge in [-0.15, -0.1) is 24.0 Å². The first kappa shape index (κ1) is 25.2. The Morgan fingerprint density at radius 2 is 2.03 bits per heavy atom. The minimum Gasteiger partial charge on any atom is -0.444 e. The molecule has 0 unspecified atom stereocenters. The molecule has 30 heavy (non-hydrogen) atoms. The quantitative estimate of drug-likeness (QED) is 0.224. The van der Waals surface area contributed by atoms with Gasteiger partial charge in [-0.05, 0) is 84.7 Å². The average Bonchev–Trinajstić information content (AvgIpc) is 3.05. The van der Waals surface area contributed by atoms with Crippen LogP contribution in [0.4, 0.5) is 0 Å². The molecule has 0 bridgehead atoms. The van der Waals surface area contributed by atoms with Crippen molar-refractivity contribution in [3.8, 4) is 0 Å². The van der Waals surface area contributed by atoms with Crippen LogP contribution in [-0.2, 0) is 6.54 Å². The van der Waals surface area contributed by atoms with Crippen LogP contribution in [0.3, 0.4) is 0 Å². The first-order chi connectivity index (χ1) is 14.1. The molecule has 1 aliphatic heterocycles. The van der Waals surface area contributed by atoms with Gasteiger partial charge in [0.2, 0.25) is 5.89 Å². The van der Waals surface area contributed by atoms with Crippen LogP contribution in [0.25, 0.3) is 0 Å². The Balaban J connectivity index is 0.00000320. The van der Waals surface area contributed by atoms with Crippen molar-refractivity contribution in [2.24, 2.45) is 10.9 Å². The van der Waals surface area contributed by atoms with Crippen molar-refractivity contribution in [3.05, 3.63) is 29.0 Å².